The van der Waals surface area contributed by atoms with Crippen molar-refractivity contribution in [2.75, 3.05) is 0 Å². The Bertz CT molecular complexity index is 844. The second-order valence-corrected chi connectivity index (χ2v) is 6.10. The van der Waals surface area contributed by atoms with E-state index in [1.165, 1.54) is 5.56 Å². The predicted octanol–water partition coefficient (Wildman–Crippen LogP) is 6.78. The van der Waals surface area contributed by atoms with Gasteiger partial charge in [-0.2, -0.15) is 0 Å². The maximum Gasteiger partial charge on any atom is 0.194 e. The van der Waals surface area contributed by atoms with Crippen molar-refractivity contribution in [2.45, 2.75) is 26.2 Å². The zero-order valence-electron chi connectivity index (χ0n) is 14.0. The molecule has 0 atom stereocenters. The highest BCUT2D eigenvalue weighted by Gasteiger charge is 2.14. The van der Waals surface area contributed by atoms with Crippen LogP contribution < -0.4 is 0 Å². The first-order chi connectivity index (χ1) is 12.1. The van der Waals surface area contributed by atoms with E-state index in [4.69, 9.17) is 0 Å². The quantitative estimate of drug-likeness (QED) is 0.449. The van der Waals surface area contributed by atoms with Crippen molar-refractivity contribution >= 4 is 0 Å². The SMILES string of the molecule is CCCCc1ccc(-c2ccccc2-c2cc(F)c(F)c(F)c2)cc1. The molecule has 128 valence electrons. The number of aryl methyl sites for hydroxylation is 1. The number of rotatable bonds is 5. The van der Waals surface area contributed by atoms with Crippen molar-refractivity contribution in [3.05, 3.63) is 83.7 Å². The molecule has 3 aromatic rings. The van der Waals surface area contributed by atoms with Crippen LogP contribution in [-0.4, -0.2) is 0 Å². The Labute approximate surface area is 146 Å². The van der Waals surface area contributed by atoms with Gasteiger partial charge in [-0.1, -0.05) is 61.9 Å². The van der Waals surface area contributed by atoms with Gasteiger partial charge in [0.05, 0.1) is 0 Å². The fourth-order valence-electron chi connectivity index (χ4n) is 2.93. The van der Waals surface area contributed by atoms with E-state index in [-0.39, 0.29) is 0 Å². The van der Waals surface area contributed by atoms with Gasteiger partial charge in [0, 0.05) is 0 Å². The molecule has 0 aliphatic heterocycles. The van der Waals surface area contributed by atoms with E-state index in [1.54, 1.807) is 12.1 Å². The minimum Gasteiger partial charge on any atom is -0.204 e. The Hall–Kier alpha value is -2.55. The molecule has 0 amide bonds. The fraction of sp³-hybridized carbons (Fsp3) is 0.182. The summed E-state index contributed by atoms with van der Waals surface area (Å²) in [6.45, 7) is 2.16. The van der Waals surface area contributed by atoms with E-state index in [0.717, 1.165) is 42.5 Å². The summed E-state index contributed by atoms with van der Waals surface area (Å²) >= 11 is 0. The van der Waals surface area contributed by atoms with Crippen molar-refractivity contribution in [3.8, 4) is 22.3 Å². The topological polar surface area (TPSA) is 0 Å². The highest BCUT2D eigenvalue weighted by atomic mass is 19.2. The summed E-state index contributed by atoms with van der Waals surface area (Å²) in [5, 5.41) is 0. The second-order valence-electron chi connectivity index (χ2n) is 6.10. The van der Waals surface area contributed by atoms with Crippen molar-refractivity contribution in [3.63, 3.8) is 0 Å². The van der Waals surface area contributed by atoms with Crippen LogP contribution in [0.25, 0.3) is 22.3 Å². The van der Waals surface area contributed by atoms with Crippen LogP contribution in [0, 0.1) is 17.5 Å². The summed E-state index contributed by atoms with van der Waals surface area (Å²) in [6.07, 6.45) is 3.32. The third-order valence-corrected chi connectivity index (χ3v) is 4.31. The van der Waals surface area contributed by atoms with Gasteiger partial charge in [-0.15, -0.1) is 0 Å². The molecule has 0 spiro atoms. The van der Waals surface area contributed by atoms with Gasteiger partial charge < -0.3 is 0 Å². The van der Waals surface area contributed by atoms with Crippen LogP contribution in [-0.2, 0) is 6.42 Å². The molecule has 0 bridgehead atoms. The molecule has 0 radical (unpaired) electrons. The van der Waals surface area contributed by atoms with Crippen LogP contribution in [0.2, 0.25) is 0 Å². The molecular formula is C22H19F3. The molecule has 0 saturated heterocycles. The fourth-order valence-corrected chi connectivity index (χ4v) is 2.93. The first-order valence-electron chi connectivity index (χ1n) is 8.43. The van der Waals surface area contributed by atoms with Gasteiger partial charge in [0.25, 0.3) is 0 Å². The molecule has 3 aromatic carbocycles. The Morgan fingerprint density at radius 1 is 0.720 bits per heavy atom. The lowest BCUT2D eigenvalue weighted by molar-refractivity contribution is 0.448. The maximum atomic E-state index is 13.6. The summed E-state index contributed by atoms with van der Waals surface area (Å²) in [5.74, 6) is -3.80. The summed E-state index contributed by atoms with van der Waals surface area (Å²) in [5.41, 5.74) is 4.07. The van der Waals surface area contributed by atoms with Gasteiger partial charge in [-0.05, 0) is 52.8 Å². The highest BCUT2D eigenvalue weighted by Crippen LogP contribution is 2.33. The van der Waals surface area contributed by atoms with Crippen molar-refractivity contribution in [2.24, 2.45) is 0 Å². The zero-order valence-corrected chi connectivity index (χ0v) is 14.0. The van der Waals surface area contributed by atoms with Gasteiger partial charge in [0.15, 0.2) is 17.5 Å². The molecule has 0 aliphatic rings. The molecule has 0 N–H and O–H groups in total. The normalized spacial score (nSPS) is 10.9. The summed E-state index contributed by atoms with van der Waals surface area (Å²) in [4.78, 5) is 0. The third kappa shape index (κ3) is 3.76. The van der Waals surface area contributed by atoms with Crippen LogP contribution >= 0.6 is 0 Å². The highest BCUT2D eigenvalue weighted by molar-refractivity contribution is 5.83. The van der Waals surface area contributed by atoms with Gasteiger partial charge in [-0.3, -0.25) is 0 Å². The van der Waals surface area contributed by atoms with Crippen LogP contribution in [0.5, 0.6) is 0 Å². The number of unbranched alkanes of at least 4 members (excludes halogenated alkanes) is 1. The summed E-state index contributed by atoms with van der Waals surface area (Å²) < 4.78 is 40.5. The number of hydrogen-bond donors (Lipinski definition) is 0. The molecule has 0 heterocycles. The predicted molar refractivity (Wildman–Crippen MR) is 95.8 cm³/mol. The molecule has 3 heteroatoms. The third-order valence-electron chi connectivity index (χ3n) is 4.31. The minimum absolute atomic E-state index is 0.321. The first kappa shape index (κ1) is 17.3. The molecule has 0 unspecified atom stereocenters. The molecule has 0 aromatic heterocycles. The summed E-state index contributed by atoms with van der Waals surface area (Å²) in [7, 11) is 0. The molecule has 25 heavy (non-hydrogen) atoms. The van der Waals surface area contributed by atoms with E-state index in [0.29, 0.717) is 11.1 Å². The molecule has 0 aliphatic carbocycles. The summed E-state index contributed by atoms with van der Waals surface area (Å²) in [6, 6.07) is 17.6. The Kier molecular flexibility index (Phi) is 5.22. The van der Waals surface area contributed by atoms with E-state index >= 15 is 0 Å². The monoisotopic (exact) mass is 340 g/mol. The lowest BCUT2D eigenvalue weighted by atomic mass is 9.93. The molecule has 3 rings (SSSR count). The van der Waals surface area contributed by atoms with Crippen molar-refractivity contribution in [1.82, 2.24) is 0 Å². The lowest BCUT2D eigenvalue weighted by Gasteiger charge is -2.11. The van der Waals surface area contributed by atoms with Crippen LogP contribution in [0.15, 0.2) is 60.7 Å². The smallest absolute Gasteiger partial charge is 0.194 e. The number of hydrogen-bond acceptors (Lipinski definition) is 0. The maximum absolute atomic E-state index is 13.6. The van der Waals surface area contributed by atoms with Gasteiger partial charge in [0.1, 0.15) is 0 Å². The minimum atomic E-state index is -1.44. The number of halogens is 3. The molecular weight excluding hydrogens is 321 g/mol. The Morgan fingerprint density at radius 3 is 1.84 bits per heavy atom. The van der Waals surface area contributed by atoms with E-state index in [2.05, 4.69) is 19.1 Å². The largest absolute Gasteiger partial charge is 0.204 e. The number of benzene rings is 3. The molecule has 0 saturated carbocycles. The van der Waals surface area contributed by atoms with Gasteiger partial charge in [-0.25, -0.2) is 13.2 Å². The van der Waals surface area contributed by atoms with E-state index in [9.17, 15) is 13.2 Å². The van der Waals surface area contributed by atoms with Gasteiger partial charge >= 0.3 is 0 Å². The Morgan fingerprint density at radius 2 is 1.28 bits per heavy atom. The van der Waals surface area contributed by atoms with E-state index < -0.39 is 17.5 Å². The van der Waals surface area contributed by atoms with Crippen molar-refractivity contribution in [1.29, 1.82) is 0 Å². The van der Waals surface area contributed by atoms with Crippen molar-refractivity contribution < 1.29 is 13.2 Å². The average molecular weight is 340 g/mol. The van der Waals surface area contributed by atoms with Gasteiger partial charge in [0.2, 0.25) is 0 Å². The lowest BCUT2D eigenvalue weighted by Crippen LogP contribution is -1.93. The van der Waals surface area contributed by atoms with Crippen LogP contribution in [0.4, 0.5) is 13.2 Å². The van der Waals surface area contributed by atoms with E-state index in [1.807, 2.05) is 24.3 Å². The molecule has 0 nitrogen and oxygen atoms in total. The average Bonchev–Trinajstić information content (AvgIpc) is 2.64. The van der Waals surface area contributed by atoms with Crippen LogP contribution in [0.1, 0.15) is 25.3 Å². The zero-order chi connectivity index (χ0) is 17.8. The first-order valence-corrected chi connectivity index (χ1v) is 8.43. The standard InChI is InChI=1S/C22H19F3/c1-2-3-6-15-9-11-16(12-10-15)18-7-4-5-8-19(18)17-13-20(23)22(25)21(24)14-17/h4-5,7-14H,2-3,6H2,1H3. The Balaban J connectivity index is 2.02. The molecule has 0 fully saturated rings. The second kappa shape index (κ2) is 7.56. The van der Waals surface area contributed by atoms with Crippen LogP contribution in [0.3, 0.4) is 0 Å².